The predicted molar refractivity (Wildman–Crippen MR) is 86.8 cm³/mol. The molecule has 1 aromatic rings. The van der Waals surface area contributed by atoms with Gasteiger partial charge in [0.15, 0.2) is 5.69 Å². The zero-order chi connectivity index (χ0) is 17.4. The number of likely N-dealkylation sites (tertiary alicyclic amines) is 2. The second kappa shape index (κ2) is 6.40. The molecule has 1 aromatic heterocycles. The number of nitrogens with zero attached hydrogens (tertiary/aromatic N) is 4. The lowest BCUT2D eigenvalue weighted by molar-refractivity contribution is -0.150. The highest BCUT2D eigenvalue weighted by Crippen LogP contribution is 2.41. The molecule has 0 bridgehead atoms. The van der Waals surface area contributed by atoms with Gasteiger partial charge in [-0.1, -0.05) is 5.16 Å². The van der Waals surface area contributed by atoms with E-state index in [-0.39, 0.29) is 23.6 Å². The van der Waals surface area contributed by atoms with E-state index in [1.54, 1.807) is 11.8 Å². The summed E-state index contributed by atoms with van der Waals surface area (Å²) < 4.78 is 10.1. The van der Waals surface area contributed by atoms with Crippen molar-refractivity contribution in [3.63, 3.8) is 0 Å². The van der Waals surface area contributed by atoms with Crippen molar-refractivity contribution >= 4 is 11.8 Å². The first kappa shape index (κ1) is 16.5. The van der Waals surface area contributed by atoms with E-state index in [1.807, 2.05) is 0 Å². The Morgan fingerprint density at radius 3 is 2.72 bits per heavy atom. The van der Waals surface area contributed by atoms with Crippen LogP contribution in [-0.4, -0.2) is 70.8 Å². The summed E-state index contributed by atoms with van der Waals surface area (Å²) in [6.45, 7) is 5.03. The summed E-state index contributed by atoms with van der Waals surface area (Å²) in [4.78, 5) is 29.7. The Balaban J connectivity index is 1.49. The fourth-order valence-corrected chi connectivity index (χ4v) is 4.45. The third-order valence-corrected chi connectivity index (χ3v) is 5.90. The van der Waals surface area contributed by atoms with Gasteiger partial charge in [0.05, 0.1) is 5.41 Å². The molecule has 4 heterocycles. The van der Waals surface area contributed by atoms with Crippen molar-refractivity contribution in [2.45, 2.75) is 45.1 Å². The molecule has 0 aliphatic carbocycles. The van der Waals surface area contributed by atoms with Crippen LogP contribution < -0.4 is 0 Å². The Labute approximate surface area is 146 Å². The standard InChI is InChI=1S/C17H24N4O4/c1-12-14(19-25-18-12)15(22)20-8-6-17(11-20)5-2-7-21(16(17)23)13-3-9-24-10-4-13/h13H,2-11H2,1H3/t17-/m0/s1. The maximum absolute atomic E-state index is 13.3. The van der Waals surface area contributed by atoms with E-state index >= 15 is 0 Å². The van der Waals surface area contributed by atoms with Crippen molar-refractivity contribution in [2.75, 3.05) is 32.8 Å². The van der Waals surface area contributed by atoms with Crippen molar-refractivity contribution in [3.05, 3.63) is 11.4 Å². The van der Waals surface area contributed by atoms with Crippen LogP contribution in [0.3, 0.4) is 0 Å². The number of piperidine rings is 1. The third-order valence-electron chi connectivity index (χ3n) is 5.90. The van der Waals surface area contributed by atoms with E-state index in [1.165, 1.54) is 0 Å². The normalized spacial score (nSPS) is 28.1. The van der Waals surface area contributed by atoms with Crippen LogP contribution in [0.1, 0.15) is 48.3 Å². The molecule has 3 saturated heterocycles. The van der Waals surface area contributed by atoms with Crippen LogP contribution in [0.2, 0.25) is 0 Å². The van der Waals surface area contributed by atoms with Gasteiger partial charge in [0.25, 0.3) is 5.91 Å². The number of amides is 2. The van der Waals surface area contributed by atoms with Gasteiger partial charge in [-0.05, 0) is 44.2 Å². The lowest BCUT2D eigenvalue weighted by Crippen LogP contribution is -2.55. The van der Waals surface area contributed by atoms with Gasteiger partial charge in [-0.25, -0.2) is 4.63 Å². The summed E-state index contributed by atoms with van der Waals surface area (Å²) in [5, 5.41) is 7.40. The number of rotatable bonds is 2. The zero-order valence-electron chi connectivity index (χ0n) is 14.6. The summed E-state index contributed by atoms with van der Waals surface area (Å²) in [5.41, 5.74) is 0.309. The van der Waals surface area contributed by atoms with Crippen LogP contribution in [0.15, 0.2) is 4.63 Å². The van der Waals surface area contributed by atoms with Gasteiger partial charge in [-0.3, -0.25) is 9.59 Å². The minimum absolute atomic E-state index is 0.188. The molecule has 4 rings (SSSR count). The Bertz CT molecular complexity index is 669. The summed E-state index contributed by atoms with van der Waals surface area (Å²) in [6, 6.07) is 0.283. The Morgan fingerprint density at radius 2 is 2.00 bits per heavy atom. The zero-order valence-corrected chi connectivity index (χ0v) is 14.6. The molecule has 2 amide bonds. The Hall–Kier alpha value is -1.96. The molecule has 1 spiro atoms. The van der Waals surface area contributed by atoms with Crippen molar-refractivity contribution in [3.8, 4) is 0 Å². The smallest absolute Gasteiger partial charge is 0.278 e. The first-order chi connectivity index (χ1) is 12.1. The topological polar surface area (TPSA) is 88.8 Å². The van der Waals surface area contributed by atoms with Crippen molar-refractivity contribution < 1.29 is 19.0 Å². The van der Waals surface area contributed by atoms with Crippen LogP contribution in [0.5, 0.6) is 0 Å². The van der Waals surface area contributed by atoms with Crippen LogP contribution in [0.4, 0.5) is 0 Å². The molecule has 25 heavy (non-hydrogen) atoms. The minimum Gasteiger partial charge on any atom is -0.381 e. The average molecular weight is 348 g/mol. The Morgan fingerprint density at radius 1 is 1.20 bits per heavy atom. The highest BCUT2D eigenvalue weighted by atomic mass is 16.6. The van der Waals surface area contributed by atoms with Gasteiger partial charge >= 0.3 is 0 Å². The second-order valence-corrected chi connectivity index (χ2v) is 7.40. The number of aromatic nitrogens is 2. The number of ether oxygens (including phenoxy) is 1. The van der Waals surface area contributed by atoms with Gasteiger partial charge < -0.3 is 14.5 Å². The van der Waals surface area contributed by atoms with Crippen molar-refractivity contribution in [1.82, 2.24) is 20.1 Å². The minimum atomic E-state index is -0.433. The van der Waals surface area contributed by atoms with Gasteiger partial charge in [-0.2, -0.15) is 0 Å². The first-order valence-electron chi connectivity index (χ1n) is 9.08. The monoisotopic (exact) mass is 348 g/mol. The van der Waals surface area contributed by atoms with E-state index in [0.29, 0.717) is 18.8 Å². The van der Waals surface area contributed by atoms with Gasteiger partial charge in [-0.15, -0.1) is 0 Å². The molecule has 0 saturated carbocycles. The van der Waals surface area contributed by atoms with Crippen LogP contribution in [-0.2, 0) is 9.53 Å². The fraction of sp³-hybridized carbons (Fsp3) is 0.765. The molecule has 3 fully saturated rings. The van der Waals surface area contributed by atoms with E-state index in [2.05, 4.69) is 19.8 Å². The molecular formula is C17H24N4O4. The van der Waals surface area contributed by atoms with Gasteiger partial charge in [0.2, 0.25) is 5.91 Å². The fourth-order valence-electron chi connectivity index (χ4n) is 4.45. The molecule has 8 nitrogen and oxygen atoms in total. The van der Waals surface area contributed by atoms with Crippen LogP contribution in [0, 0.1) is 12.3 Å². The molecule has 0 radical (unpaired) electrons. The highest BCUT2D eigenvalue weighted by molar-refractivity contribution is 5.94. The molecule has 1 atom stereocenters. The van der Waals surface area contributed by atoms with E-state index in [9.17, 15) is 9.59 Å². The molecule has 0 N–H and O–H groups in total. The summed E-state index contributed by atoms with van der Waals surface area (Å²) >= 11 is 0. The number of carbonyl (C=O) groups is 2. The summed E-state index contributed by atoms with van der Waals surface area (Å²) in [6.07, 6.45) is 4.39. The van der Waals surface area contributed by atoms with E-state index in [0.717, 1.165) is 51.9 Å². The lowest BCUT2D eigenvalue weighted by atomic mass is 9.77. The number of hydrogen-bond donors (Lipinski definition) is 0. The molecule has 3 aliphatic heterocycles. The van der Waals surface area contributed by atoms with Gasteiger partial charge in [0, 0.05) is 38.9 Å². The molecule has 0 aromatic carbocycles. The summed E-state index contributed by atoms with van der Waals surface area (Å²) in [5.74, 6) is 0.0302. The quantitative estimate of drug-likeness (QED) is 0.792. The molecular weight excluding hydrogens is 324 g/mol. The van der Waals surface area contributed by atoms with Gasteiger partial charge in [0.1, 0.15) is 5.69 Å². The largest absolute Gasteiger partial charge is 0.381 e. The predicted octanol–water partition coefficient (Wildman–Crippen LogP) is 1.01. The highest BCUT2D eigenvalue weighted by Gasteiger charge is 2.51. The Kier molecular flexibility index (Phi) is 4.23. The second-order valence-electron chi connectivity index (χ2n) is 7.40. The maximum Gasteiger partial charge on any atom is 0.278 e. The third kappa shape index (κ3) is 2.82. The average Bonchev–Trinajstić information content (AvgIpc) is 3.25. The van der Waals surface area contributed by atoms with Crippen molar-refractivity contribution in [1.29, 1.82) is 0 Å². The molecule has 8 heteroatoms. The number of aryl methyl sites for hydroxylation is 1. The SMILES string of the molecule is Cc1nonc1C(=O)N1CC[C@@]2(CCCN(C3CCOCC3)C2=O)C1. The van der Waals surface area contributed by atoms with Crippen LogP contribution >= 0.6 is 0 Å². The maximum atomic E-state index is 13.3. The first-order valence-corrected chi connectivity index (χ1v) is 9.08. The lowest BCUT2D eigenvalue weighted by Gasteiger charge is -2.44. The van der Waals surface area contributed by atoms with E-state index in [4.69, 9.17) is 4.74 Å². The van der Waals surface area contributed by atoms with E-state index < -0.39 is 5.41 Å². The molecule has 3 aliphatic rings. The van der Waals surface area contributed by atoms with Crippen LogP contribution in [0.25, 0.3) is 0 Å². The molecule has 136 valence electrons. The number of hydrogen-bond acceptors (Lipinski definition) is 6. The van der Waals surface area contributed by atoms with Crippen molar-refractivity contribution in [2.24, 2.45) is 5.41 Å². The molecule has 0 unspecified atom stereocenters. The summed E-state index contributed by atoms with van der Waals surface area (Å²) in [7, 11) is 0. The number of carbonyl (C=O) groups excluding carboxylic acids is 2.